The molecule has 1 amide bonds. The molecule has 0 fully saturated rings. The number of aromatic nitrogens is 1. The Balaban J connectivity index is 1.79. The van der Waals surface area contributed by atoms with Gasteiger partial charge in [-0.05, 0) is 23.3 Å². The molecule has 0 spiro atoms. The summed E-state index contributed by atoms with van der Waals surface area (Å²) in [4.78, 5) is 18.2. The molecule has 1 aliphatic heterocycles. The van der Waals surface area contributed by atoms with Crippen LogP contribution in [0.2, 0.25) is 0 Å². The molecular formula is C17H15N3O2. The Labute approximate surface area is 127 Å². The number of hydrogen-bond donors (Lipinski definition) is 1. The number of fused-ring (bicyclic) bond motifs is 2. The number of primary amides is 1. The molecule has 1 aromatic heterocycles. The van der Waals surface area contributed by atoms with Crippen LogP contribution in [0.3, 0.4) is 0 Å². The number of nitrogens with two attached hydrogens (primary N) is 1. The molecule has 0 aliphatic carbocycles. The molecule has 3 aromatic rings. The van der Waals surface area contributed by atoms with Gasteiger partial charge in [-0.25, -0.2) is 0 Å². The Bertz CT molecular complexity index is 823. The third kappa shape index (κ3) is 2.02. The van der Waals surface area contributed by atoms with E-state index in [0.717, 1.165) is 11.1 Å². The number of oxazole rings is 1. The lowest BCUT2D eigenvalue weighted by Crippen LogP contribution is -2.48. The second-order valence-corrected chi connectivity index (χ2v) is 5.48. The first kappa shape index (κ1) is 12.9. The quantitative estimate of drug-likeness (QED) is 0.786. The monoisotopic (exact) mass is 293 g/mol. The highest BCUT2D eigenvalue weighted by Gasteiger charge is 2.32. The van der Waals surface area contributed by atoms with E-state index in [0.29, 0.717) is 24.6 Å². The van der Waals surface area contributed by atoms with Crippen molar-refractivity contribution in [3.8, 4) is 0 Å². The molecule has 0 saturated carbocycles. The Morgan fingerprint density at radius 2 is 1.86 bits per heavy atom. The van der Waals surface area contributed by atoms with Crippen LogP contribution in [-0.2, 0) is 17.8 Å². The minimum atomic E-state index is -0.442. The molecule has 0 saturated heterocycles. The Hall–Kier alpha value is -2.82. The van der Waals surface area contributed by atoms with Gasteiger partial charge in [-0.15, -0.1) is 0 Å². The van der Waals surface area contributed by atoms with Gasteiger partial charge >= 0.3 is 0 Å². The second-order valence-electron chi connectivity index (χ2n) is 5.48. The molecule has 2 heterocycles. The van der Waals surface area contributed by atoms with Crippen molar-refractivity contribution in [3.63, 3.8) is 0 Å². The normalized spacial score (nSPS) is 17.5. The van der Waals surface area contributed by atoms with Crippen LogP contribution < -0.4 is 10.6 Å². The van der Waals surface area contributed by atoms with E-state index in [9.17, 15) is 4.79 Å². The second kappa shape index (κ2) is 4.87. The van der Waals surface area contributed by atoms with Gasteiger partial charge in [-0.2, -0.15) is 4.98 Å². The first-order chi connectivity index (χ1) is 10.7. The smallest absolute Gasteiger partial charge is 0.299 e. The Morgan fingerprint density at radius 1 is 1.14 bits per heavy atom. The number of amides is 1. The summed E-state index contributed by atoms with van der Waals surface area (Å²) in [6.07, 6.45) is 0.574. The Kier molecular flexibility index (Phi) is 2.85. The number of para-hydroxylation sites is 2. The SMILES string of the molecule is NC(=O)[C@@H]1Cc2ccccc2CN1c1nc2ccccc2o1. The summed E-state index contributed by atoms with van der Waals surface area (Å²) in [6.45, 7) is 0.566. The maximum atomic E-state index is 11.9. The largest absolute Gasteiger partial charge is 0.423 e. The van der Waals surface area contributed by atoms with E-state index >= 15 is 0 Å². The van der Waals surface area contributed by atoms with Gasteiger partial charge in [-0.1, -0.05) is 36.4 Å². The summed E-state index contributed by atoms with van der Waals surface area (Å²) >= 11 is 0. The van der Waals surface area contributed by atoms with E-state index in [1.165, 1.54) is 5.56 Å². The summed E-state index contributed by atoms with van der Waals surface area (Å²) in [5.74, 6) is -0.364. The van der Waals surface area contributed by atoms with Crippen LogP contribution in [0, 0.1) is 0 Å². The van der Waals surface area contributed by atoms with E-state index < -0.39 is 6.04 Å². The van der Waals surface area contributed by atoms with Crippen LogP contribution in [0.4, 0.5) is 6.01 Å². The zero-order valence-corrected chi connectivity index (χ0v) is 11.9. The molecule has 0 unspecified atom stereocenters. The van der Waals surface area contributed by atoms with Gasteiger partial charge in [0.2, 0.25) is 5.91 Å². The molecule has 2 aromatic carbocycles. The molecule has 1 atom stereocenters. The van der Waals surface area contributed by atoms with Crippen LogP contribution in [-0.4, -0.2) is 16.9 Å². The molecule has 22 heavy (non-hydrogen) atoms. The summed E-state index contributed by atoms with van der Waals surface area (Å²) in [5, 5.41) is 0. The van der Waals surface area contributed by atoms with Crippen molar-refractivity contribution in [2.45, 2.75) is 19.0 Å². The van der Waals surface area contributed by atoms with Crippen molar-refractivity contribution < 1.29 is 9.21 Å². The summed E-state index contributed by atoms with van der Waals surface area (Å²) in [7, 11) is 0. The summed E-state index contributed by atoms with van der Waals surface area (Å²) in [6, 6.07) is 15.6. The number of carbonyl (C=O) groups excluding carboxylic acids is 1. The molecule has 4 rings (SSSR count). The van der Waals surface area contributed by atoms with Gasteiger partial charge in [0.05, 0.1) is 0 Å². The topological polar surface area (TPSA) is 72.4 Å². The highest BCUT2D eigenvalue weighted by atomic mass is 16.4. The molecule has 5 heteroatoms. The van der Waals surface area contributed by atoms with Crippen LogP contribution >= 0.6 is 0 Å². The van der Waals surface area contributed by atoms with Gasteiger partial charge in [0, 0.05) is 13.0 Å². The van der Waals surface area contributed by atoms with Crippen molar-refractivity contribution in [1.29, 1.82) is 0 Å². The van der Waals surface area contributed by atoms with Gasteiger partial charge in [0.1, 0.15) is 11.6 Å². The first-order valence-electron chi connectivity index (χ1n) is 7.21. The molecule has 0 bridgehead atoms. The maximum absolute atomic E-state index is 11.9. The molecule has 2 N–H and O–H groups in total. The van der Waals surface area contributed by atoms with Crippen LogP contribution in [0.5, 0.6) is 0 Å². The number of nitrogens with zero attached hydrogens (tertiary/aromatic N) is 2. The lowest BCUT2D eigenvalue weighted by Gasteiger charge is -2.33. The minimum Gasteiger partial charge on any atom is -0.423 e. The number of carbonyl (C=O) groups is 1. The fourth-order valence-corrected chi connectivity index (χ4v) is 2.96. The van der Waals surface area contributed by atoms with Crippen molar-refractivity contribution in [3.05, 3.63) is 59.7 Å². The first-order valence-corrected chi connectivity index (χ1v) is 7.21. The van der Waals surface area contributed by atoms with E-state index in [1.54, 1.807) is 0 Å². The van der Waals surface area contributed by atoms with Crippen molar-refractivity contribution in [2.24, 2.45) is 5.73 Å². The van der Waals surface area contributed by atoms with Crippen molar-refractivity contribution >= 4 is 23.0 Å². The molecule has 0 radical (unpaired) electrons. The number of anilines is 1. The number of benzene rings is 2. The fourth-order valence-electron chi connectivity index (χ4n) is 2.96. The van der Waals surface area contributed by atoms with E-state index in [2.05, 4.69) is 11.1 Å². The molecule has 5 nitrogen and oxygen atoms in total. The third-order valence-electron chi connectivity index (χ3n) is 4.11. The van der Waals surface area contributed by atoms with Gasteiger partial charge < -0.3 is 15.1 Å². The Morgan fingerprint density at radius 3 is 2.64 bits per heavy atom. The number of hydrogen-bond acceptors (Lipinski definition) is 4. The predicted octanol–water partition coefficient (Wildman–Crippen LogP) is 2.24. The van der Waals surface area contributed by atoms with Crippen LogP contribution in [0.15, 0.2) is 52.9 Å². The maximum Gasteiger partial charge on any atom is 0.299 e. The lowest BCUT2D eigenvalue weighted by molar-refractivity contribution is -0.119. The zero-order chi connectivity index (χ0) is 15.1. The van der Waals surface area contributed by atoms with E-state index in [1.807, 2.05) is 47.4 Å². The summed E-state index contributed by atoms with van der Waals surface area (Å²) in [5.41, 5.74) is 9.40. The van der Waals surface area contributed by atoms with Crippen LogP contribution in [0.25, 0.3) is 11.1 Å². The van der Waals surface area contributed by atoms with Gasteiger partial charge in [-0.3, -0.25) is 4.79 Å². The van der Waals surface area contributed by atoms with Crippen LogP contribution in [0.1, 0.15) is 11.1 Å². The van der Waals surface area contributed by atoms with Crippen molar-refractivity contribution in [2.75, 3.05) is 4.90 Å². The highest BCUT2D eigenvalue weighted by molar-refractivity contribution is 5.84. The van der Waals surface area contributed by atoms with Gasteiger partial charge in [0.15, 0.2) is 5.58 Å². The highest BCUT2D eigenvalue weighted by Crippen LogP contribution is 2.30. The molecule has 110 valence electrons. The van der Waals surface area contributed by atoms with Crippen molar-refractivity contribution in [1.82, 2.24) is 4.98 Å². The molecule has 1 aliphatic rings. The van der Waals surface area contributed by atoms with Gasteiger partial charge in [0.25, 0.3) is 6.01 Å². The average molecular weight is 293 g/mol. The fraction of sp³-hybridized carbons (Fsp3) is 0.176. The standard InChI is InChI=1S/C17H15N3O2/c18-16(21)14-9-11-5-1-2-6-12(11)10-20(14)17-19-13-7-3-4-8-15(13)22-17/h1-8,14H,9-10H2,(H2,18,21)/t14-/m0/s1. The van der Waals surface area contributed by atoms with E-state index in [4.69, 9.17) is 10.2 Å². The predicted molar refractivity (Wildman–Crippen MR) is 83.3 cm³/mol. The molecular weight excluding hydrogens is 278 g/mol. The average Bonchev–Trinajstić information content (AvgIpc) is 2.97. The minimum absolute atomic E-state index is 0.364. The third-order valence-corrected chi connectivity index (χ3v) is 4.11. The summed E-state index contributed by atoms with van der Waals surface area (Å²) < 4.78 is 5.81. The lowest BCUT2D eigenvalue weighted by atomic mass is 9.94. The zero-order valence-electron chi connectivity index (χ0n) is 11.9. The van der Waals surface area contributed by atoms with E-state index in [-0.39, 0.29) is 5.91 Å². The number of rotatable bonds is 2.